The first kappa shape index (κ1) is 18.8. The average molecular weight is 407 g/mol. The van der Waals surface area contributed by atoms with Crippen LogP contribution in [0.4, 0.5) is 5.69 Å². The fourth-order valence-corrected chi connectivity index (χ4v) is 3.62. The van der Waals surface area contributed by atoms with E-state index in [1.807, 2.05) is 6.92 Å². The number of aliphatic imine (C=N–C) groups is 1. The number of carbonyl (C=O) groups excluding carboxylic acids is 1. The number of hydrogen-bond donors (Lipinski definition) is 0. The first-order chi connectivity index (χ1) is 12.5. The summed E-state index contributed by atoms with van der Waals surface area (Å²) in [5.74, 6) is 0.564. The number of amides is 1. The third-order valence-electron chi connectivity index (χ3n) is 3.61. The molecule has 134 valence electrons. The smallest absolute Gasteiger partial charge is 0.266 e. The summed E-state index contributed by atoms with van der Waals surface area (Å²) in [6, 6.07) is 12.5. The average Bonchev–Trinajstić information content (AvgIpc) is 2.87. The van der Waals surface area contributed by atoms with E-state index < -0.39 is 0 Å². The van der Waals surface area contributed by atoms with Crippen molar-refractivity contribution in [2.45, 2.75) is 6.92 Å². The summed E-state index contributed by atoms with van der Waals surface area (Å²) < 4.78 is 5.62. The lowest BCUT2D eigenvalue weighted by molar-refractivity contribution is -0.121. The predicted molar refractivity (Wildman–Crippen MR) is 110 cm³/mol. The lowest BCUT2D eigenvalue weighted by Crippen LogP contribution is -2.23. The molecular weight excluding hydrogens is 391 g/mol. The van der Waals surface area contributed by atoms with Crippen LogP contribution in [-0.4, -0.2) is 29.6 Å². The van der Waals surface area contributed by atoms with E-state index in [1.165, 1.54) is 16.7 Å². The molecule has 1 fully saturated rings. The Morgan fingerprint density at radius 3 is 2.54 bits per heavy atom. The zero-order valence-corrected chi connectivity index (χ0v) is 16.5. The molecule has 0 unspecified atom stereocenters. The van der Waals surface area contributed by atoms with Gasteiger partial charge in [0.25, 0.3) is 5.91 Å². The Hall–Kier alpha value is -1.95. The minimum atomic E-state index is -0.120. The molecule has 0 aliphatic carbocycles. The largest absolute Gasteiger partial charge is 0.493 e. The predicted octanol–water partition coefficient (Wildman–Crippen LogP) is 5.63. The van der Waals surface area contributed by atoms with Gasteiger partial charge in [-0.25, -0.2) is 4.99 Å². The lowest BCUT2D eigenvalue weighted by atomic mass is 10.2. The molecule has 1 saturated heterocycles. The first-order valence-corrected chi connectivity index (χ1v) is 9.49. The topological polar surface area (TPSA) is 41.9 Å². The molecule has 3 rings (SSSR count). The Bertz CT molecular complexity index is 895. The van der Waals surface area contributed by atoms with Crippen molar-refractivity contribution < 1.29 is 9.53 Å². The molecule has 1 amide bonds. The summed E-state index contributed by atoms with van der Waals surface area (Å²) >= 11 is 13.3. The highest BCUT2D eigenvalue weighted by molar-refractivity contribution is 8.18. The third-order valence-corrected chi connectivity index (χ3v) is 5.16. The molecule has 0 saturated carbocycles. The summed E-state index contributed by atoms with van der Waals surface area (Å²) in [4.78, 5) is 19.2. The van der Waals surface area contributed by atoms with Crippen LogP contribution >= 0.6 is 35.0 Å². The van der Waals surface area contributed by atoms with Crippen LogP contribution in [0.15, 0.2) is 52.4 Å². The highest BCUT2D eigenvalue weighted by Gasteiger charge is 2.30. The molecule has 26 heavy (non-hydrogen) atoms. The van der Waals surface area contributed by atoms with Crippen LogP contribution < -0.4 is 4.74 Å². The van der Waals surface area contributed by atoms with Crippen LogP contribution in [0.1, 0.15) is 12.5 Å². The van der Waals surface area contributed by atoms with Crippen molar-refractivity contribution >= 4 is 57.8 Å². The van der Waals surface area contributed by atoms with Crippen LogP contribution in [-0.2, 0) is 4.79 Å². The summed E-state index contributed by atoms with van der Waals surface area (Å²) in [5, 5.41) is 1.82. The van der Waals surface area contributed by atoms with Gasteiger partial charge in [-0.2, -0.15) is 0 Å². The molecule has 0 spiro atoms. The molecule has 2 aromatic rings. The molecule has 1 aliphatic rings. The Labute approximate surface area is 166 Å². The van der Waals surface area contributed by atoms with Gasteiger partial charge in [-0.3, -0.25) is 9.69 Å². The van der Waals surface area contributed by atoms with Gasteiger partial charge in [0.1, 0.15) is 5.75 Å². The van der Waals surface area contributed by atoms with Crippen LogP contribution in [0.25, 0.3) is 6.08 Å². The number of amidine groups is 1. The zero-order valence-electron chi connectivity index (χ0n) is 14.2. The first-order valence-electron chi connectivity index (χ1n) is 7.92. The van der Waals surface area contributed by atoms with E-state index >= 15 is 0 Å². The minimum absolute atomic E-state index is 0.120. The SMILES string of the molecule is CCOc1ccc(Cl)cc1/C=C1/SC(=Nc2ccc(Cl)cc2)N(C)C1=O. The maximum absolute atomic E-state index is 12.6. The van der Waals surface area contributed by atoms with Crippen LogP contribution in [0, 0.1) is 0 Å². The Balaban J connectivity index is 1.93. The van der Waals surface area contributed by atoms with Crippen molar-refractivity contribution in [2.24, 2.45) is 4.99 Å². The van der Waals surface area contributed by atoms with Gasteiger partial charge in [0.15, 0.2) is 5.17 Å². The van der Waals surface area contributed by atoms with E-state index in [2.05, 4.69) is 4.99 Å². The lowest BCUT2D eigenvalue weighted by Gasteiger charge is -2.08. The molecule has 2 aromatic carbocycles. The van der Waals surface area contributed by atoms with Gasteiger partial charge >= 0.3 is 0 Å². The molecule has 1 aliphatic heterocycles. The number of hydrogen-bond acceptors (Lipinski definition) is 4. The van der Waals surface area contributed by atoms with Gasteiger partial charge < -0.3 is 4.74 Å². The summed E-state index contributed by atoms with van der Waals surface area (Å²) in [5.41, 5.74) is 1.49. The number of carbonyl (C=O) groups is 1. The van der Waals surface area contributed by atoms with E-state index in [0.29, 0.717) is 32.5 Å². The van der Waals surface area contributed by atoms with Crippen LogP contribution in [0.2, 0.25) is 10.0 Å². The zero-order chi connectivity index (χ0) is 18.7. The number of ether oxygens (including phenoxy) is 1. The second-order valence-corrected chi connectivity index (χ2v) is 7.34. The maximum atomic E-state index is 12.6. The van der Waals surface area contributed by atoms with Crippen molar-refractivity contribution in [1.82, 2.24) is 4.90 Å². The molecule has 0 bridgehead atoms. The van der Waals surface area contributed by atoms with E-state index in [0.717, 1.165) is 11.3 Å². The van der Waals surface area contributed by atoms with Gasteiger partial charge in [-0.05, 0) is 67.2 Å². The van der Waals surface area contributed by atoms with E-state index in [-0.39, 0.29) is 5.91 Å². The van der Waals surface area contributed by atoms with Gasteiger partial charge in [-0.15, -0.1) is 0 Å². The van der Waals surface area contributed by atoms with Crippen LogP contribution in [0.3, 0.4) is 0 Å². The highest BCUT2D eigenvalue weighted by Crippen LogP contribution is 2.35. The van der Waals surface area contributed by atoms with Gasteiger partial charge in [-0.1, -0.05) is 23.2 Å². The summed E-state index contributed by atoms with van der Waals surface area (Å²) in [6.07, 6.45) is 1.78. The standard InChI is InChI=1S/C19H16Cl2N2O2S/c1-3-25-16-9-6-14(21)10-12(16)11-17-18(24)23(2)19(26-17)22-15-7-4-13(20)5-8-15/h4-11H,3H2,1-2H3/b17-11+,22-19?. The van der Waals surface area contributed by atoms with Crippen molar-refractivity contribution in [3.8, 4) is 5.75 Å². The fourth-order valence-electron chi connectivity index (χ4n) is 2.34. The number of likely N-dealkylation sites (N-methyl/N-ethyl adjacent to an activating group) is 1. The number of benzene rings is 2. The van der Waals surface area contributed by atoms with Gasteiger partial charge in [0.2, 0.25) is 0 Å². The minimum Gasteiger partial charge on any atom is -0.493 e. The number of thioether (sulfide) groups is 1. The molecule has 0 aromatic heterocycles. The molecular formula is C19H16Cl2N2O2S. The molecule has 0 radical (unpaired) electrons. The highest BCUT2D eigenvalue weighted by atomic mass is 35.5. The second-order valence-electron chi connectivity index (χ2n) is 5.46. The maximum Gasteiger partial charge on any atom is 0.266 e. The number of halogens is 2. The van der Waals surface area contributed by atoms with E-state index in [1.54, 1.807) is 55.6 Å². The fraction of sp³-hybridized carbons (Fsp3) is 0.158. The van der Waals surface area contributed by atoms with Crippen molar-refractivity contribution in [1.29, 1.82) is 0 Å². The Kier molecular flexibility index (Phi) is 5.91. The van der Waals surface area contributed by atoms with Crippen molar-refractivity contribution in [3.05, 3.63) is 63.0 Å². The molecule has 0 atom stereocenters. The van der Waals surface area contributed by atoms with Gasteiger partial charge in [0, 0.05) is 22.7 Å². The summed E-state index contributed by atoms with van der Waals surface area (Å²) in [7, 11) is 1.70. The normalized spacial score (nSPS) is 17.4. The molecule has 1 heterocycles. The van der Waals surface area contributed by atoms with E-state index in [9.17, 15) is 4.79 Å². The Morgan fingerprint density at radius 1 is 1.15 bits per heavy atom. The molecule has 7 heteroatoms. The van der Waals surface area contributed by atoms with Crippen molar-refractivity contribution in [2.75, 3.05) is 13.7 Å². The second kappa shape index (κ2) is 8.16. The number of nitrogens with zero attached hydrogens (tertiary/aromatic N) is 2. The van der Waals surface area contributed by atoms with E-state index in [4.69, 9.17) is 27.9 Å². The van der Waals surface area contributed by atoms with Gasteiger partial charge in [0.05, 0.1) is 17.2 Å². The third kappa shape index (κ3) is 4.23. The van der Waals surface area contributed by atoms with Crippen LogP contribution in [0.5, 0.6) is 5.75 Å². The van der Waals surface area contributed by atoms with Crippen molar-refractivity contribution in [3.63, 3.8) is 0 Å². The summed E-state index contributed by atoms with van der Waals surface area (Å²) in [6.45, 7) is 2.44. The quantitative estimate of drug-likeness (QED) is 0.618. The number of rotatable bonds is 4. The monoisotopic (exact) mass is 406 g/mol. The molecule has 0 N–H and O–H groups in total. The Morgan fingerprint density at radius 2 is 1.85 bits per heavy atom. The molecule has 4 nitrogen and oxygen atoms in total.